The first-order valence-corrected chi connectivity index (χ1v) is 4.16. The number of ether oxygens (including phenoxy) is 1. The van der Waals surface area contributed by atoms with E-state index in [1.807, 2.05) is 0 Å². The van der Waals surface area contributed by atoms with Crippen LogP contribution >= 0.6 is 0 Å². The third kappa shape index (κ3) is 2.67. The van der Waals surface area contributed by atoms with Crippen molar-refractivity contribution in [3.8, 4) is 0 Å². The van der Waals surface area contributed by atoms with E-state index in [1.165, 1.54) is 19.3 Å². The number of hydrogen-bond donors (Lipinski definition) is 1. The Hall–Kier alpha value is -0.0800. The normalized spacial score (nSPS) is 29.1. The Balaban J connectivity index is 2.16. The first kappa shape index (κ1) is 8.02. The lowest BCUT2D eigenvalue weighted by Gasteiger charge is -2.17. The molecule has 2 heteroatoms. The average Bonchev–Trinajstić information content (AvgIpc) is 1.87. The first-order valence-electron chi connectivity index (χ1n) is 4.16. The second-order valence-electron chi connectivity index (χ2n) is 2.88. The molecule has 0 spiro atoms. The van der Waals surface area contributed by atoms with Crippen LogP contribution in [0.15, 0.2) is 0 Å². The number of rotatable bonds is 1. The SMILES string of the molecule is OCC1CCCCCCO1. The molecule has 60 valence electrons. The maximum absolute atomic E-state index is 8.78. The molecule has 1 heterocycles. The fourth-order valence-corrected chi connectivity index (χ4v) is 1.30. The van der Waals surface area contributed by atoms with Crippen molar-refractivity contribution >= 4 is 0 Å². The second-order valence-corrected chi connectivity index (χ2v) is 2.88. The van der Waals surface area contributed by atoms with Crippen LogP contribution in [-0.4, -0.2) is 24.4 Å². The predicted octanol–water partition coefficient (Wildman–Crippen LogP) is 1.33. The monoisotopic (exact) mass is 144 g/mol. The molecule has 1 fully saturated rings. The lowest BCUT2D eigenvalue weighted by molar-refractivity contribution is -0.000811. The van der Waals surface area contributed by atoms with Crippen LogP contribution in [0.4, 0.5) is 0 Å². The van der Waals surface area contributed by atoms with Gasteiger partial charge < -0.3 is 9.84 Å². The van der Waals surface area contributed by atoms with Crippen LogP contribution in [0.2, 0.25) is 0 Å². The Bertz CT molecular complexity index is 75.3. The Labute approximate surface area is 62.2 Å². The smallest absolute Gasteiger partial charge is 0.0805 e. The van der Waals surface area contributed by atoms with Crippen LogP contribution < -0.4 is 0 Å². The highest BCUT2D eigenvalue weighted by Crippen LogP contribution is 2.12. The summed E-state index contributed by atoms with van der Waals surface area (Å²) in [6, 6.07) is 0. The zero-order chi connectivity index (χ0) is 7.23. The second kappa shape index (κ2) is 4.69. The molecule has 0 aliphatic carbocycles. The summed E-state index contributed by atoms with van der Waals surface area (Å²) >= 11 is 0. The summed E-state index contributed by atoms with van der Waals surface area (Å²) in [5.41, 5.74) is 0. The van der Waals surface area contributed by atoms with Crippen molar-refractivity contribution in [3.63, 3.8) is 0 Å². The minimum Gasteiger partial charge on any atom is -0.394 e. The fraction of sp³-hybridized carbons (Fsp3) is 1.00. The van der Waals surface area contributed by atoms with Crippen LogP contribution in [0.3, 0.4) is 0 Å². The number of hydrogen-bond acceptors (Lipinski definition) is 2. The van der Waals surface area contributed by atoms with E-state index in [4.69, 9.17) is 9.84 Å². The highest BCUT2D eigenvalue weighted by atomic mass is 16.5. The van der Waals surface area contributed by atoms with Gasteiger partial charge in [0.1, 0.15) is 0 Å². The molecular weight excluding hydrogens is 128 g/mol. The van der Waals surface area contributed by atoms with Crippen molar-refractivity contribution in [1.82, 2.24) is 0 Å². The van der Waals surface area contributed by atoms with E-state index in [0.717, 1.165) is 19.4 Å². The summed E-state index contributed by atoms with van der Waals surface area (Å²) < 4.78 is 5.38. The van der Waals surface area contributed by atoms with Crippen LogP contribution in [0.1, 0.15) is 32.1 Å². The van der Waals surface area contributed by atoms with Gasteiger partial charge in [0.25, 0.3) is 0 Å². The lowest BCUT2D eigenvalue weighted by atomic mass is 10.1. The molecular formula is C8H16O2. The van der Waals surface area contributed by atoms with Gasteiger partial charge in [-0.25, -0.2) is 0 Å². The molecule has 1 aliphatic rings. The molecule has 0 saturated carbocycles. The van der Waals surface area contributed by atoms with Crippen LogP contribution in [0.5, 0.6) is 0 Å². The van der Waals surface area contributed by atoms with Gasteiger partial charge in [0.15, 0.2) is 0 Å². The lowest BCUT2D eigenvalue weighted by Crippen LogP contribution is -2.19. The molecule has 1 N–H and O–H groups in total. The zero-order valence-electron chi connectivity index (χ0n) is 6.38. The van der Waals surface area contributed by atoms with Gasteiger partial charge in [0.05, 0.1) is 12.7 Å². The van der Waals surface area contributed by atoms with Gasteiger partial charge >= 0.3 is 0 Å². The van der Waals surface area contributed by atoms with Crippen molar-refractivity contribution in [2.45, 2.75) is 38.2 Å². The van der Waals surface area contributed by atoms with E-state index < -0.39 is 0 Å². The summed E-state index contributed by atoms with van der Waals surface area (Å²) in [5.74, 6) is 0. The number of aliphatic hydroxyl groups is 1. The molecule has 1 saturated heterocycles. The maximum atomic E-state index is 8.78. The predicted molar refractivity (Wildman–Crippen MR) is 39.9 cm³/mol. The standard InChI is InChI=1S/C8H16O2/c9-7-8-5-3-1-2-4-6-10-8/h8-9H,1-7H2. The quantitative estimate of drug-likeness (QED) is 0.601. The van der Waals surface area contributed by atoms with Gasteiger partial charge in [-0.2, -0.15) is 0 Å². The van der Waals surface area contributed by atoms with Gasteiger partial charge in [-0.3, -0.25) is 0 Å². The van der Waals surface area contributed by atoms with Crippen LogP contribution in [0, 0.1) is 0 Å². The van der Waals surface area contributed by atoms with E-state index in [0.29, 0.717) is 0 Å². The Kier molecular flexibility index (Phi) is 3.76. The Morgan fingerprint density at radius 2 is 2.00 bits per heavy atom. The van der Waals surface area contributed by atoms with Gasteiger partial charge in [-0.1, -0.05) is 19.3 Å². The molecule has 1 aliphatic heterocycles. The molecule has 0 aromatic rings. The van der Waals surface area contributed by atoms with Crippen LogP contribution in [0.25, 0.3) is 0 Å². The van der Waals surface area contributed by atoms with Crippen LogP contribution in [-0.2, 0) is 4.74 Å². The van der Waals surface area contributed by atoms with Gasteiger partial charge in [0.2, 0.25) is 0 Å². The van der Waals surface area contributed by atoms with E-state index in [-0.39, 0.29) is 12.7 Å². The minimum atomic E-state index is 0.125. The van der Waals surface area contributed by atoms with Gasteiger partial charge in [-0.05, 0) is 12.8 Å². The average molecular weight is 144 g/mol. The fourth-order valence-electron chi connectivity index (χ4n) is 1.30. The molecule has 10 heavy (non-hydrogen) atoms. The summed E-state index contributed by atoms with van der Waals surface area (Å²) in [7, 11) is 0. The van der Waals surface area contributed by atoms with E-state index in [9.17, 15) is 0 Å². The van der Waals surface area contributed by atoms with Crippen molar-refractivity contribution in [2.24, 2.45) is 0 Å². The zero-order valence-corrected chi connectivity index (χ0v) is 6.38. The third-order valence-electron chi connectivity index (χ3n) is 1.98. The van der Waals surface area contributed by atoms with Crippen molar-refractivity contribution < 1.29 is 9.84 Å². The highest BCUT2D eigenvalue weighted by Gasteiger charge is 2.08. The summed E-state index contributed by atoms with van der Waals surface area (Å²) in [5, 5.41) is 8.78. The summed E-state index contributed by atoms with van der Waals surface area (Å²) in [6.45, 7) is 1.03. The molecule has 0 aromatic heterocycles. The Morgan fingerprint density at radius 1 is 1.20 bits per heavy atom. The van der Waals surface area contributed by atoms with E-state index >= 15 is 0 Å². The maximum Gasteiger partial charge on any atom is 0.0805 e. The van der Waals surface area contributed by atoms with E-state index in [1.54, 1.807) is 0 Å². The Morgan fingerprint density at radius 3 is 2.80 bits per heavy atom. The molecule has 0 aromatic carbocycles. The first-order chi connectivity index (χ1) is 4.93. The molecule has 0 amide bonds. The number of aliphatic hydroxyl groups excluding tert-OH is 1. The molecule has 0 bridgehead atoms. The third-order valence-corrected chi connectivity index (χ3v) is 1.98. The molecule has 2 nitrogen and oxygen atoms in total. The molecule has 1 unspecified atom stereocenters. The van der Waals surface area contributed by atoms with Crippen molar-refractivity contribution in [2.75, 3.05) is 13.2 Å². The van der Waals surface area contributed by atoms with E-state index in [2.05, 4.69) is 0 Å². The van der Waals surface area contributed by atoms with Gasteiger partial charge in [0, 0.05) is 6.61 Å². The van der Waals surface area contributed by atoms with Gasteiger partial charge in [-0.15, -0.1) is 0 Å². The molecule has 0 radical (unpaired) electrons. The van der Waals surface area contributed by atoms with Crippen molar-refractivity contribution in [1.29, 1.82) is 0 Å². The highest BCUT2D eigenvalue weighted by molar-refractivity contribution is 4.59. The summed E-state index contributed by atoms with van der Waals surface area (Å²) in [4.78, 5) is 0. The topological polar surface area (TPSA) is 29.5 Å². The van der Waals surface area contributed by atoms with Crippen molar-refractivity contribution in [3.05, 3.63) is 0 Å². The molecule has 1 atom stereocenters. The molecule has 1 rings (SSSR count). The minimum absolute atomic E-state index is 0.125. The summed E-state index contributed by atoms with van der Waals surface area (Å²) in [6.07, 6.45) is 6.14. The largest absolute Gasteiger partial charge is 0.394 e.